The fraction of sp³-hybridized carbons (Fsp3) is 0.438. The van der Waals surface area contributed by atoms with E-state index >= 15 is 0 Å². The number of ketones is 1. The first-order valence-electron chi connectivity index (χ1n) is 7.74. The molecule has 1 aromatic carbocycles. The number of benzene rings is 1. The summed E-state index contributed by atoms with van der Waals surface area (Å²) in [4.78, 5) is 24.2. The zero-order valence-electron chi connectivity index (χ0n) is 13.4. The second-order valence-corrected chi connectivity index (χ2v) is 6.44. The summed E-state index contributed by atoms with van der Waals surface area (Å²) in [6.45, 7) is 1.20. The highest BCUT2D eigenvalue weighted by atomic mass is 32.2. The van der Waals surface area contributed by atoms with Crippen molar-refractivity contribution in [2.24, 2.45) is 0 Å². The number of Topliss-reactive ketones (excluding diaryl/α,β-unsaturated/α-hetero) is 1. The van der Waals surface area contributed by atoms with Gasteiger partial charge in [-0.25, -0.2) is 9.89 Å². The zero-order chi connectivity index (χ0) is 16.9. The van der Waals surface area contributed by atoms with Gasteiger partial charge < -0.3 is 9.47 Å². The molecule has 1 aliphatic heterocycles. The number of hydrogen-bond donors (Lipinski definition) is 1. The molecule has 0 radical (unpaired) electrons. The van der Waals surface area contributed by atoms with Gasteiger partial charge in [0.15, 0.2) is 10.9 Å². The molecule has 1 aromatic heterocycles. The van der Waals surface area contributed by atoms with Crippen LogP contribution in [0.3, 0.4) is 0 Å². The zero-order valence-corrected chi connectivity index (χ0v) is 14.2. The van der Waals surface area contributed by atoms with E-state index in [9.17, 15) is 9.59 Å². The summed E-state index contributed by atoms with van der Waals surface area (Å²) >= 11 is 1.25. The SMILES string of the molecule is COc1ccc(C(=O)CSc2n[nH]c(=O)n2C[C@@H]2CCCO2)cc1. The summed E-state index contributed by atoms with van der Waals surface area (Å²) in [6.07, 6.45) is 1.99. The summed E-state index contributed by atoms with van der Waals surface area (Å²) in [7, 11) is 1.58. The molecule has 3 rings (SSSR count). The van der Waals surface area contributed by atoms with Gasteiger partial charge in [0.05, 0.1) is 25.5 Å². The van der Waals surface area contributed by atoms with Crippen LogP contribution in [0.5, 0.6) is 5.75 Å². The lowest BCUT2D eigenvalue weighted by Gasteiger charge is -2.10. The van der Waals surface area contributed by atoms with E-state index in [1.807, 2.05) is 0 Å². The van der Waals surface area contributed by atoms with Crippen molar-refractivity contribution in [3.05, 3.63) is 40.3 Å². The number of aromatic nitrogens is 3. The van der Waals surface area contributed by atoms with E-state index in [1.54, 1.807) is 35.9 Å². The molecule has 0 unspecified atom stereocenters. The molecule has 0 spiro atoms. The summed E-state index contributed by atoms with van der Waals surface area (Å²) in [5, 5.41) is 6.97. The maximum Gasteiger partial charge on any atom is 0.344 e. The van der Waals surface area contributed by atoms with Crippen LogP contribution in [-0.4, -0.2) is 46.1 Å². The number of thioether (sulfide) groups is 1. The van der Waals surface area contributed by atoms with Crippen LogP contribution in [0.25, 0.3) is 0 Å². The number of ether oxygens (including phenoxy) is 2. The molecule has 1 N–H and O–H groups in total. The minimum Gasteiger partial charge on any atom is -0.497 e. The van der Waals surface area contributed by atoms with Gasteiger partial charge >= 0.3 is 5.69 Å². The van der Waals surface area contributed by atoms with E-state index < -0.39 is 0 Å². The van der Waals surface area contributed by atoms with Gasteiger partial charge in [-0.05, 0) is 37.1 Å². The number of nitrogens with one attached hydrogen (secondary N) is 1. The third-order valence-corrected chi connectivity index (χ3v) is 4.85. The first kappa shape index (κ1) is 16.8. The van der Waals surface area contributed by atoms with Crippen LogP contribution < -0.4 is 10.4 Å². The van der Waals surface area contributed by atoms with Gasteiger partial charge in [0, 0.05) is 12.2 Å². The van der Waals surface area contributed by atoms with Crippen LogP contribution in [0, 0.1) is 0 Å². The molecule has 128 valence electrons. The van der Waals surface area contributed by atoms with Crippen LogP contribution in [0.4, 0.5) is 0 Å². The molecule has 0 saturated carbocycles. The lowest BCUT2D eigenvalue weighted by molar-refractivity contribution is 0.0941. The van der Waals surface area contributed by atoms with Crippen LogP contribution in [0.2, 0.25) is 0 Å². The van der Waals surface area contributed by atoms with Gasteiger partial charge in [-0.2, -0.15) is 0 Å². The maximum absolute atomic E-state index is 12.3. The first-order chi connectivity index (χ1) is 11.7. The molecule has 1 aliphatic rings. The Hall–Kier alpha value is -2.06. The van der Waals surface area contributed by atoms with Crippen LogP contribution in [0.1, 0.15) is 23.2 Å². The van der Waals surface area contributed by atoms with E-state index in [0.29, 0.717) is 23.0 Å². The molecule has 2 aromatic rings. The molecule has 1 atom stereocenters. The molecule has 2 heterocycles. The molecule has 1 saturated heterocycles. The fourth-order valence-corrected chi connectivity index (χ4v) is 3.41. The van der Waals surface area contributed by atoms with E-state index in [2.05, 4.69) is 10.2 Å². The quantitative estimate of drug-likeness (QED) is 0.605. The normalized spacial score (nSPS) is 17.1. The summed E-state index contributed by atoms with van der Waals surface area (Å²) in [5.41, 5.74) is 0.330. The Bertz CT molecular complexity index is 747. The number of H-pyrrole nitrogens is 1. The fourth-order valence-electron chi connectivity index (χ4n) is 2.56. The molecule has 0 amide bonds. The second-order valence-electron chi connectivity index (χ2n) is 5.50. The van der Waals surface area contributed by atoms with E-state index in [1.165, 1.54) is 11.8 Å². The van der Waals surface area contributed by atoms with Gasteiger partial charge in [-0.15, -0.1) is 5.10 Å². The lowest BCUT2D eigenvalue weighted by Crippen LogP contribution is -2.25. The Labute approximate surface area is 143 Å². The third kappa shape index (κ3) is 3.88. The van der Waals surface area contributed by atoms with Crippen LogP contribution in [-0.2, 0) is 11.3 Å². The van der Waals surface area contributed by atoms with Gasteiger partial charge in [-0.1, -0.05) is 11.8 Å². The van der Waals surface area contributed by atoms with Crippen molar-refractivity contribution in [2.45, 2.75) is 30.6 Å². The third-order valence-electron chi connectivity index (χ3n) is 3.88. The van der Waals surface area contributed by atoms with Crippen LogP contribution >= 0.6 is 11.8 Å². The van der Waals surface area contributed by atoms with Crippen LogP contribution in [0.15, 0.2) is 34.2 Å². The van der Waals surface area contributed by atoms with Crippen molar-refractivity contribution >= 4 is 17.5 Å². The highest BCUT2D eigenvalue weighted by molar-refractivity contribution is 7.99. The van der Waals surface area contributed by atoms with E-state index in [4.69, 9.17) is 9.47 Å². The van der Waals surface area contributed by atoms with Crippen molar-refractivity contribution in [1.29, 1.82) is 0 Å². The molecule has 8 heteroatoms. The van der Waals surface area contributed by atoms with Gasteiger partial charge in [-0.3, -0.25) is 9.36 Å². The molecular weight excluding hydrogens is 330 g/mol. The Balaban J connectivity index is 1.63. The topological polar surface area (TPSA) is 86.2 Å². The number of carbonyl (C=O) groups excluding carboxylic acids is 1. The summed E-state index contributed by atoms with van der Waals surface area (Å²) in [6, 6.07) is 6.96. The molecule has 24 heavy (non-hydrogen) atoms. The summed E-state index contributed by atoms with van der Waals surface area (Å²) < 4.78 is 12.2. The van der Waals surface area contributed by atoms with Crippen molar-refractivity contribution in [3.8, 4) is 5.75 Å². The number of methoxy groups -OCH3 is 1. The predicted molar refractivity (Wildman–Crippen MR) is 89.9 cm³/mol. The maximum atomic E-state index is 12.3. The second kappa shape index (κ2) is 7.67. The van der Waals surface area contributed by atoms with E-state index in [-0.39, 0.29) is 23.3 Å². The van der Waals surface area contributed by atoms with Gasteiger partial charge in [0.1, 0.15) is 5.75 Å². The lowest BCUT2D eigenvalue weighted by atomic mass is 10.1. The highest BCUT2D eigenvalue weighted by Gasteiger charge is 2.20. The Kier molecular flexibility index (Phi) is 5.37. The molecule has 1 fully saturated rings. The standard InChI is InChI=1S/C16H19N3O4S/c1-22-12-6-4-11(5-7-12)14(20)10-24-16-18-17-15(21)19(16)9-13-3-2-8-23-13/h4-7,13H,2-3,8-10H2,1H3,(H,17,21)/t13-/m0/s1. The number of aromatic amines is 1. The number of nitrogens with zero attached hydrogens (tertiary/aromatic N) is 2. The smallest absolute Gasteiger partial charge is 0.344 e. The summed E-state index contributed by atoms with van der Waals surface area (Å²) in [5.74, 6) is 0.890. The Morgan fingerprint density at radius 3 is 2.92 bits per heavy atom. The first-order valence-corrected chi connectivity index (χ1v) is 8.73. The average molecular weight is 349 g/mol. The minimum atomic E-state index is -0.273. The minimum absolute atomic E-state index is 0.0261. The Morgan fingerprint density at radius 2 is 2.25 bits per heavy atom. The van der Waals surface area contributed by atoms with E-state index in [0.717, 1.165) is 19.4 Å². The van der Waals surface area contributed by atoms with Gasteiger partial charge in [0.25, 0.3) is 0 Å². The molecule has 7 nitrogen and oxygen atoms in total. The van der Waals surface area contributed by atoms with Crippen molar-refractivity contribution in [1.82, 2.24) is 14.8 Å². The number of hydrogen-bond acceptors (Lipinski definition) is 6. The average Bonchev–Trinajstić information content (AvgIpc) is 3.24. The van der Waals surface area contributed by atoms with Crippen molar-refractivity contribution < 1.29 is 14.3 Å². The number of carbonyl (C=O) groups is 1. The van der Waals surface area contributed by atoms with Crippen molar-refractivity contribution in [3.63, 3.8) is 0 Å². The highest BCUT2D eigenvalue weighted by Crippen LogP contribution is 2.20. The van der Waals surface area contributed by atoms with Gasteiger partial charge in [0.2, 0.25) is 0 Å². The predicted octanol–water partition coefficient (Wildman–Crippen LogP) is 1.73. The monoisotopic (exact) mass is 349 g/mol. The van der Waals surface area contributed by atoms with Crippen molar-refractivity contribution in [2.75, 3.05) is 19.5 Å². The molecule has 0 bridgehead atoms. The Morgan fingerprint density at radius 1 is 1.46 bits per heavy atom. The largest absolute Gasteiger partial charge is 0.497 e. The molecule has 0 aliphatic carbocycles. The molecular formula is C16H19N3O4S. The number of rotatable bonds is 7.